The Labute approximate surface area is 120 Å². The molecule has 0 saturated carbocycles. The SMILES string of the molecule is Cc1nn(C)c(N(C)Cc2cccnc2)c1CC(C)N. The molecule has 2 aromatic rings. The molecule has 2 rings (SSSR count). The maximum atomic E-state index is 5.96. The first-order valence-electron chi connectivity index (χ1n) is 6.87. The zero-order chi connectivity index (χ0) is 14.7. The number of aryl methyl sites for hydroxylation is 2. The lowest BCUT2D eigenvalue weighted by atomic mass is 10.1. The Balaban J connectivity index is 2.27. The number of rotatable bonds is 5. The van der Waals surface area contributed by atoms with Gasteiger partial charge in [-0.05, 0) is 31.9 Å². The number of hydrogen-bond donors (Lipinski definition) is 1. The van der Waals surface area contributed by atoms with Gasteiger partial charge in [0.1, 0.15) is 5.82 Å². The van der Waals surface area contributed by atoms with E-state index in [1.54, 1.807) is 6.20 Å². The van der Waals surface area contributed by atoms with Crippen molar-refractivity contribution in [2.75, 3.05) is 11.9 Å². The summed E-state index contributed by atoms with van der Waals surface area (Å²) in [5.74, 6) is 1.13. The van der Waals surface area contributed by atoms with Crippen molar-refractivity contribution in [3.8, 4) is 0 Å². The van der Waals surface area contributed by atoms with E-state index < -0.39 is 0 Å². The highest BCUT2D eigenvalue weighted by atomic mass is 15.4. The molecule has 0 spiro atoms. The van der Waals surface area contributed by atoms with Crippen LogP contribution < -0.4 is 10.6 Å². The average Bonchev–Trinajstić information content (AvgIpc) is 2.64. The minimum Gasteiger partial charge on any atom is -0.355 e. The molecule has 0 aliphatic rings. The lowest BCUT2D eigenvalue weighted by molar-refractivity contribution is 0.714. The average molecular weight is 273 g/mol. The molecule has 0 aliphatic carbocycles. The topological polar surface area (TPSA) is 60.0 Å². The summed E-state index contributed by atoms with van der Waals surface area (Å²) in [5.41, 5.74) is 9.42. The molecular weight excluding hydrogens is 250 g/mol. The minimum atomic E-state index is 0.128. The van der Waals surface area contributed by atoms with E-state index in [0.717, 1.165) is 24.5 Å². The van der Waals surface area contributed by atoms with Crippen LogP contribution in [0.15, 0.2) is 24.5 Å². The highest BCUT2D eigenvalue weighted by Crippen LogP contribution is 2.24. The number of anilines is 1. The molecule has 2 aromatic heterocycles. The van der Waals surface area contributed by atoms with Crippen LogP contribution in [-0.2, 0) is 20.0 Å². The second-order valence-electron chi connectivity index (χ2n) is 5.41. The predicted molar refractivity (Wildman–Crippen MR) is 81.6 cm³/mol. The second kappa shape index (κ2) is 6.05. The zero-order valence-corrected chi connectivity index (χ0v) is 12.7. The van der Waals surface area contributed by atoms with Gasteiger partial charge >= 0.3 is 0 Å². The molecule has 0 aliphatic heterocycles. The predicted octanol–water partition coefficient (Wildman–Crippen LogP) is 1.65. The molecule has 5 nitrogen and oxygen atoms in total. The number of nitrogens with two attached hydrogens (primary N) is 1. The highest BCUT2D eigenvalue weighted by molar-refractivity contribution is 5.50. The highest BCUT2D eigenvalue weighted by Gasteiger charge is 2.18. The molecule has 108 valence electrons. The van der Waals surface area contributed by atoms with Crippen molar-refractivity contribution in [3.05, 3.63) is 41.3 Å². The first-order valence-corrected chi connectivity index (χ1v) is 6.87. The van der Waals surface area contributed by atoms with E-state index in [1.165, 1.54) is 11.1 Å². The van der Waals surface area contributed by atoms with E-state index in [2.05, 4.69) is 28.1 Å². The third kappa shape index (κ3) is 3.17. The fraction of sp³-hybridized carbons (Fsp3) is 0.467. The lowest BCUT2D eigenvalue weighted by Gasteiger charge is -2.21. The molecule has 2 heterocycles. The zero-order valence-electron chi connectivity index (χ0n) is 12.7. The van der Waals surface area contributed by atoms with Crippen molar-refractivity contribution in [3.63, 3.8) is 0 Å². The molecule has 0 radical (unpaired) electrons. The van der Waals surface area contributed by atoms with Crippen LogP contribution >= 0.6 is 0 Å². The first kappa shape index (κ1) is 14.5. The van der Waals surface area contributed by atoms with Gasteiger partial charge < -0.3 is 10.6 Å². The Morgan fingerprint density at radius 3 is 2.80 bits per heavy atom. The summed E-state index contributed by atoms with van der Waals surface area (Å²) in [6, 6.07) is 4.17. The maximum absolute atomic E-state index is 5.96. The number of nitrogens with zero attached hydrogens (tertiary/aromatic N) is 4. The Kier molecular flexibility index (Phi) is 4.39. The van der Waals surface area contributed by atoms with Gasteiger partial charge in [-0.15, -0.1) is 0 Å². The summed E-state index contributed by atoms with van der Waals surface area (Å²) in [7, 11) is 4.06. The molecule has 0 aromatic carbocycles. The van der Waals surface area contributed by atoms with Gasteiger partial charge in [0.15, 0.2) is 0 Å². The summed E-state index contributed by atoms with van der Waals surface area (Å²) in [6.45, 7) is 4.87. The molecule has 0 fully saturated rings. The number of hydrogen-bond acceptors (Lipinski definition) is 4. The van der Waals surface area contributed by atoms with Crippen LogP contribution in [0, 0.1) is 6.92 Å². The van der Waals surface area contributed by atoms with Crippen LogP contribution in [-0.4, -0.2) is 27.9 Å². The fourth-order valence-electron chi connectivity index (χ4n) is 2.57. The Morgan fingerprint density at radius 2 is 2.20 bits per heavy atom. The maximum Gasteiger partial charge on any atom is 0.130 e. The third-order valence-corrected chi connectivity index (χ3v) is 3.34. The van der Waals surface area contributed by atoms with Gasteiger partial charge in [0, 0.05) is 44.6 Å². The smallest absolute Gasteiger partial charge is 0.130 e. The Bertz CT molecular complexity index is 559. The van der Waals surface area contributed by atoms with E-state index >= 15 is 0 Å². The van der Waals surface area contributed by atoms with Crippen molar-refractivity contribution in [2.24, 2.45) is 12.8 Å². The quantitative estimate of drug-likeness (QED) is 0.900. The summed E-state index contributed by atoms with van der Waals surface area (Å²) in [5, 5.41) is 4.53. The molecule has 0 amide bonds. The summed E-state index contributed by atoms with van der Waals surface area (Å²) in [4.78, 5) is 6.36. The van der Waals surface area contributed by atoms with Crippen LogP contribution in [0.4, 0.5) is 5.82 Å². The van der Waals surface area contributed by atoms with Gasteiger partial charge in [-0.3, -0.25) is 9.67 Å². The van der Waals surface area contributed by atoms with Crippen LogP contribution in [0.2, 0.25) is 0 Å². The normalized spacial score (nSPS) is 12.4. The molecule has 1 atom stereocenters. The van der Waals surface area contributed by atoms with E-state index in [9.17, 15) is 0 Å². The van der Waals surface area contributed by atoms with Gasteiger partial charge in [0.2, 0.25) is 0 Å². The van der Waals surface area contributed by atoms with Crippen molar-refractivity contribution in [1.82, 2.24) is 14.8 Å². The fourth-order valence-corrected chi connectivity index (χ4v) is 2.57. The Hall–Kier alpha value is -1.88. The standard InChI is InChI=1S/C15H23N5/c1-11(16)8-14-12(2)18-20(4)15(14)19(3)10-13-6-5-7-17-9-13/h5-7,9,11H,8,10,16H2,1-4H3. The number of pyridine rings is 1. The van der Waals surface area contributed by atoms with Crippen molar-refractivity contribution in [1.29, 1.82) is 0 Å². The summed E-state index contributed by atoms with van der Waals surface area (Å²) >= 11 is 0. The van der Waals surface area contributed by atoms with Crippen LogP contribution in [0.25, 0.3) is 0 Å². The molecule has 20 heavy (non-hydrogen) atoms. The van der Waals surface area contributed by atoms with Crippen molar-refractivity contribution < 1.29 is 0 Å². The van der Waals surface area contributed by atoms with Gasteiger partial charge in [-0.2, -0.15) is 5.10 Å². The molecule has 2 N–H and O–H groups in total. The summed E-state index contributed by atoms with van der Waals surface area (Å²) in [6.07, 6.45) is 4.52. The molecule has 0 bridgehead atoms. The van der Waals surface area contributed by atoms with Gasteiger partial charge in [-0.25, -0.2) is 0 Å². The Morgan fingerprint density at radius 1 is 1.45 bits per heavy atom. The largest absolute Gasteiger partial charge is 0.355 e. The minimum absolute atomic E-state index is 0.128. The third-order valence-electron chi connectivity index (χ3n) is 3.34. The first-order chi connectivity index (χ1) is 9.49. The molecular formula is C15H23N5. The summed E-state index contributed by atoms with van der Waals surface area (Å²) < 4.78 is 1.93. The van der Waals surface area contributed by atoms with E-state index in [-0.39, 0.29) is 6.04 Å². The van der Waals surface area contributed by atoms with E-state index in [4.69, 9.17) is 5.73 Å². The molecule has 0 saturated heterocycles. The van der Waals surface area contributed by atoms with Gasteiger partial charge in [0.05, 0.1) is 5.69 Å². The van der Waals surface area contributed by atoms with E-state index in [1.807, 2.05) is 37.8 Å². The lowest BCUT2D eigenvalue weighted by Crippen LogP contribution is -2.23. The second-order valence-corrected chi connectivity index (χ2v) is 5.41. The van der Waals surface area contributed by atoms with Crippen molar-refractivity contribution >= 4 is 5.82 Å². The van der Waals surface area contributed by atoms with Crippen molar-refractivity contribution in [2.45, 2.75) is 32.9 Å². The van der Waals surface area contributed by atoms with Gasteiger partial charge in [-0.1, -0.05) is 6.07 Å². The number of aromatic nitrogens is 3. The van der Waals surface area contributed by atoms with Crippen LogP contribution in [0.5, 0.6) is 0 Å². The molecule has 1 unspecified atom stereocenters. The van der Waals surface area contributed by atoms with E-state index in [0.29, 0.717) is 0 Å². The molecule has 5 heteroatoms. The van der Waals surface area contributed by atoms with Crippen LogP contribution in [0.1, 0.15) is 23.7 Å². The monoisotopic (exact) mass is 273 g/mol. The van der Waals surface area contributed by atoms with Crippen LogP contribution in [0.3, 0.4) is 0 Å². The van der Waals surface area contributed by atoms with Gasteiger partial charge in [0.25, 0.3) is 0 Å².